The summed E-state index contributed by atoms with van der Waals surface area (Å²) in [6, 6.07) is 8.56. The Labute approximate surface area is 389 Å². The number of nitrogens with zero attached hydrogens (tertiary/aromatic N) is 2. The minimum absolute atomic E-state index is 0.0334. The van der Waals surface area contributed by atoms with Gasteiger partial charge in [-0.05, 0) is 80.5 Å². The van der Waals surface area contributed by atoms with Crippen molar-refractivity contribution in [2.24, 2.45) is 28.8 Å². The van der Waals surface area contributed by atoms with E-state index in [0.717, 1.165) is 5.56 Å². The van der Waals surface area contributed by atoms with Crippen molar-refractivity contribution >= 4 is 23.7 Å². The molecule has 3 saturated heterocycles. The van der Waals surface area contributed by atoms with Gasteiger partial charge in [-0.15, -0.1) is 0 Å². The number of cyclic esters (lactones) is 1. The zero-order valence-electron chi connectivity index (χ0n) is 40.9. The van der Waals surface area contributed by atoms with E-state index in [-0.39, 0.29) is 43.7 Å². The van der Waals surface area contributed by atoms with Crippen LogP contribution in [0, 0.1) is 23.7 Å². The number of methoxy groups -OCH3 is 1. The molecule has 6 N–H and O–H groups in total. The van der Waals surface area contributed by atoms with E-state index in [1.807, 2.05) is 32.0 Å². The molecule has 3 heterocycles. The molecule has 1 aromatic carbocycles. The number of alkyl carbamates (subject to hydrolysis) is 1. The van der Waals surface area contributed by atoms with Crippen LogP contribution in [0.2, 0.25) is 0 Å². The first-order chi connectivity index (χ1) is 30.8. The monoisotopic (exact) mass is 940 g/mol. The van der Waals surface area contributed by atoms with Crippen molar-refractivity contribution in [1.82, 2.24) is 10.2 Å². The first kappa shape index (κ1) is 55.3. The molecule has 0 spiro atoms. The van der Waals surface area contributed by atoms with Crippen molar-refractivity contribution in [3.05, 3.63) is 35.9 Å². The number of aliphatic hydroxyl groups is 5. The number of benzene rings is 1. The zero-order valence-corrected chi connectivity index (χ0v) is 40.9. The lowest BCUT2D eigenvalue weighted by Gasteiger charge is -2.49. The molecule has 376 valence electrons. The maximum Gasteiger partial charge on any atom is 0.407 e. The van der Waals surface area contributed by atoms with Crippen LogP contribution >= 0.6 is 0 Å². The molecule has 0 aromatic heterocycles. The lowest BCUT2D eigenvalue weighted by atomic mass is 9.73. The van der Waals surface area contributed by atoms with Crippen LogP contribution in [-0.2, 0) is 54.2 Å². The molecular weight excluding hydrogens is 863 g/mol. The van der Waals surface area contributed by atoms with Gasteiger partial charge in [0.25, 0.3) is 0 Å². The van der Waals surface area contributed by atoms with Gasteiger partial charge in [0.05, 0.1) is 53.4 Å². The summed E-state index contributed by atoms with van der Waals surface area (Å²) in [4.78, 5) is 47.1. The summed E-state index contributed by atoms with van der Waals surface area (Å²) in [5.74, 6) is -5.79. The molecule has 18 atom stereocenters. The van der Waals surface area contributed by atoms with Crippen molar-refractivity contribution in [3.8, 4) is 0 Å². The lowest BCUT2D eigenvalue weighted by molar-refractivity contribution is -0.317. The molecule has 0 radical (unpaired) electrons. The summed E-state index contributed by atoms with van der Waals surface area (Å²) >= 11 is 0. The van der Waals surface area contributed by atoms with E-state index in [1.54, 1.807) is 72.7 Å². The predicted molar refractivity (Wildman–Crippen MR) is 239 cm³/mol. The van der Waals surface area contributed by atoms with E-state index in [9.17, 15) is 39.9 Å². The Kier molecular flexibility index (Phi) is 19.5. The summed E-state index contributed by atoms with van der Waals surface area (Å²) in [5, 5.41) is 66.1. The molecule has 19 heteroatoms. The molecule has 0 saturated carbocycles. The highest BCUT2D eigenvalue weighted by Gasteiger charge is 2.53. The maximum absolute atomic E-state index is 14.4. The average Bonchev–Trinajstić information content (AvgIpc) is 3.26. The number of amides is 1. The fourth-order valence-corrected chi connectivity index (χ4v) is 9.65. The SMILES string of the molecule is CC[C@@H]1OC(=O)[C@H](C)[C@@H](O[C@H]2C[C@@](C)(OC)[C@@H](O)[C@H](C)O2)[C@H](C)[C@@H](O[C@@H]2O[C@H](C)C[C@H](N(C)C)[C@H]2O)[C@@](C)(O)C[C@@H](C)/C(=N/OC(=O)CNC(=O)OCc2ccccc2)[C@@H](C)[C@@H](O)[C@]1(C)O. The summed E-state index contributed by atoms with van der Waals surface area (Å²) in [5.41, 5.74) is -4.35. The van der Waals surface area contributed by atoms with Crippen molar-refractivity contribution < 1.29 is 77.9 Å². The van der Waals surface area contributed by atoms with E-state index in [4.69, 9.17) is 38.0 Å². The molecule has 3 aliphatic rings. The van der Waals surface area contributed by atoms with Crippen LogP contribution in [0.3, 0.4) is 0 Å². The quantitative estimate of drug-likeness (QED) is 0.100. The Morgan fingerprint density at radius 2 is 1.58 bits per heavy atom. The molecule has 0 bridgehead atoms. The van der Waals surface area contributed by atoms with Crippen LogP contribution in [0.5, 0.6) is 0 Å². The van der Waals surface area contributed by atoms with Gasteiger partial charge in [0.1, 0.15) is 37.1 Å². The molecule has 1 aromatic rings. The second kappa shape index (κ2) is 23.3. The fraction of sp³-hybridized carbons (Fsp3) is 0.787. The molecule has 0 unspecified atom stereocenters. The number of hydrogen-bond donors (Lipinski definition) is 6. The number of rotatable bonds is 12. The first-order valence-corrected chi connectivity index (χ1v) is 23.0. The molecule has 1 amide bonds. The second-order valence-corrected chi connectivity index (χ2v) is 19.5. The summed E-state index contributed by atoms with van der Waals surface area (Å²) in [7, 11) is 5.12. The number of carbonyl (C=O) groups is 3. The van der Waals surface area contributed by atoms with Crippen LogP contribution in [0.15, 0.2) is 35.5 Å². The Bertz CT molecular complexity index is 1770. The van der Waals surface area contributed by atoms with Crippen molar-refractivity contribution in [2.75, 3.05) is 27.7 Å². The van der Waals surface area contributed by atoms with E-state index in [1.165, 1.54) is 21.0 Å². The van der Waals surface area contributed by atoms with Gasteiger partial charge in [-0.2, -0.15) is 0 Å². The van der Waals surface area contributed by atoms with Gasteiger partial charge in [0.2, 0.25) is 0 Å². The standard InChI is InChI=1S/C47H77N3O16/c1-14-33-47(10,58)39(53)27(4)36(49-66-34(51)23-48-44(56)60-24-31-18-16-15-17-19-31)25(2)21-45(8,57)41(65-43-37(52)32(50(11)12)20-26(3)61-43)28(5)38(29(6)42(55)63-33)64-35-22-46(9,59-13)40(54)30(7)62-35/h15-19,25-30,32-33,35,37-41,43,52-54,57-58H,14,20-24H2,1-13H3,(H,48,56)/b49-36-/t25-,26-,27-,28+,29-,30+,32+,33+,35+,37-,38+,39-,40+,41-,43+,45+,46-,47-/m1/s1. The molecule has 66 heavy (non-hydrogen) atoms. The zero-order chi connectivity index (χ0) is 49.5. The molecule has 4 rings (SSSR count). The molecule has 19 nitrogen and oxygen atoms in total. The van der Waals surface area contributed by atoms with Crippen LogP contribution in [0.1, 0.15) is 100 Å². The number of hydrogen-bond acceptors (Lipinski definition) is 18. The van der Waals surface area contributed by atoms with Gasteiger partial charge < -0.3 is 73.7 Å². The Hall–Kier alpha value is -3.34. The smallest absolute Gasteiger partial charge is 0.407 e. The summed E-state index contributed by atoms with van der Waals surface area (Å²) in [6.07, 6.45) is -11.5. The second-order valence-electron chi connectivity index (χ2n) is 19.5. The number of ether oxygens (including phenoxy) is 7. The number of nitrogens with one attached hydrogen (secondary N) is 1. The molecule has 3 fully saturated rings. The van der Waals surface area contributed by atoms with Crippen molar-refractivity contribution in [1.29, 1.82) is 0 Å². The number of oxime groups is 1. The van der Waals surface area contributed by atoms with E-state index < -0.39 is 120 Å². The third kappa shape index (κ3) is 13.5. The van der Waals surface area contributed by atoms with E-state index >= 15 is 0 Å². The Balaban J connectivity index is 1.78. The highest BCUT2D eigenvalue weighted by molar-refractivity contribution is 5.89. The third-order valence-corrected chi connectivity index (χ3v) is 13.7. The fourth-order valence-electron chi connectivity index (χ4n) is 9.65. The van der Waals surface area contributed by atoms with Gasteiger partial charge in [-0.25, -0.2) is 9.59 Å². The molecular formula is C47H77N3O16. The number of aliphatic hydroxyl groups excluding tert-OH is 3. The van der Waals surface area contributed by atoms with Gasteiger partial charge in [0, 0.05) is 37.3 Å². The van der Waals surface area contributed by atoms with Crippen LogP contribution in [0.25, 0.3) is 0 Å². The van der Waals surface area contributed by atoms with Gasteiger partial charge in [-0.1, -0.05) is 63.2 Å². The Morgan fingerprint density at radius 1 is 0.924 bits per heavy atom. The highest BCUT2D eigenvalue weighted by atomic mass is 16.7. The van der Waals surface area contributed by atoms with Crippen molar-refractivity contribution in [2.45, 2.75) is 186 Å². The highest BCUT2D eigenvalue weighted by Crippen LogP contribution is 2.41. The summed E-state index contributed by atoms with van der Waals surface area (Å²) in [6.45, 7) is 15.6. The topological polar surface area (TPSA) is 254 Å². The van der Waals surface area contributed by atoms with Crippen LogP contribution < -0.4 is 5.32 Å². The Morgan fingerprint density at radius 3 is 2.18 bits per heavy atom. The van der Waals surface area contributed by atoms with Crippen LogP contribution in [0.4, 0.5) is 4.79 Å². The van der Waals surface area contributed by atoms with E-state index in [2.05, 4.69) is 10.5 Å². The predicted octanol–water partition coefficient (Wildman–Crippen LogP) is 3.04. The summed E-state index contributed by atoms with van der Waals surface area (Å²) < 4.78 is 42.8. The lowest BCUT2D eigenvalue weighted by Crippen LogP contribution is -2.61. The van der Waals surface area contributed by atoms with Crippen LogP contribution in [-0.4, -0.2) is 166 Å². The molecule has 0 aliphatic carbocycles. The normalized spacial score (nSPS) is 41.4. The third-order valence-electron chi connectivity index (χ3n) is 13.7. The minimum Gasteiger partial charge on any atom is -0.459 e. The van der Waals surface area contributed by atoms with E-state index in [0.29, 0.717) is 6.42 Å². The van der Waals surface area contributed by atoms with Gasteiger partial charge >= 0.3 is 18.0 Å². The maximum atomic E-state index is 14.4. The number of carbonyl (C=O) groups excluding carboxylic acids is 3. The van der Waals surface area contributed by atoms with Gasteiger partial charge in [0.15, 0.2) is 12.6 Å². The average molecular weight is 940 g/mol. The number of esters is 1. The number of likely N-dealkylation sites (N-methyl/N-ethyl adjacent to an activating group) is 1. The minimum atomic E-state index is -2.11. The van der Waals surface area contributed by atoms with Gasteiger partial charge in [-0.3, -0.25) is 4.79 Å². The molecule has 3 aliphatic heterocycles. The van der Waals surface area contributed by atoms with Crippen molar-refractivity contribution in [3.63, 3.8) is 0 Å². The largest absolute Gasteiger partial charge is 0.459 e. The first-order valence-electron chi connectivity index (χ1n) is 23.0.